The van der Waals surface area contributed by atoms with Crippen LogP contribution in [0.5, 0.6) is 0 Å². The maximum absolute atomic E-state index is 12.4. The Bertz CT molecular complexity index is 665. The van der Waals surface area contributed by atoms with E-state index in [0.29, 0.717) is 5.02 Å². The van der Waals surface area contributed by atoms with Crippen molar-refractivity contribution in [2.24, 2.45) is 5.92 Å². The summed E-state index contributed by atoms with van der Waals surface area (Å²) in [4.78, 5) is 36.4. The number of carbonyl (C=O) groups is 3. The van der Waals surface area contributed by atoms with Crippen molar-refractivity contribution in [1.29, 1.82) is 0 Å². The number of hydrogen-bond acceptors (Lipinski definition) is 4. The van der Waals surface area contributed by atoms with Crippen LogP contribution >= 0.6 is 23.2 Å². The van der Waals surface area contributed by atoms with E-state index in [0.717, 1.165) is 6.42 Å². The molecule has 1 rings (SSSR count). The number of esters is 1. The van der Waals surface area contributed by atoms with E-state index in [2.05, 4.69) is 10.6 Å². The first-order chi connectivity index (χ1) is 12.1. The second-order valence-corrected chi connectivity index (χ2v) is 7.15. The number of hydrogen-bond donors (Lipinski definition) is 2. The van der Waals surface area contributed by atoms with Gasteiger partial charge in [-0.3, -0.25) is 9.59 Å². The summed E-state index contributed by atoms with van der Waals surface area (Å²) in [7, 11) is 0. The topological polar surface area (TPSA) is 84.5 Å². The summed E-state index contributed by atoms with van der Waals surface area (Å²) in [5, 5.41) is 5.88. The lowest BCUT2D eigenvalue weighted by Gasteiger charge is -2.21. The van der Waals surface area contributed by atoms with Gasteiger partial charge >= 0.3 is 5.97 Å². The van der Waals surface area contributed by atoms with Gasteiger partial charge in [-0.15, -0.1) is 0 Å². The molecule has 8 heteroatoms. The van der Waals surface area contributed by atoms with E-state index in [-0.39, 0.29) is 28.5 Å². The van der Waals surface area contributed by atoms with Gasteiger partial charge in [0.25, 0.3) is 11.8 Å². The molecule has 2 N–H and O–H groups in total. The predicted octanol–water partition coefficient (Wildman–Crippen LogP) is 3.21. The molecule has 26 heavy (non-hydrogen) atoms. The molecular weight excluding hydrogens is 379 g/mol. The summed E-state index contributed by atoms with van der Waals surface area (Å²) < 4.78 is 5.04. The van der Waals surface area contributed by atoms with E-state index in [1.54, 1.807) is 13.8 Å². The Balaban J connectivity index is 2.71. The molecule has 0 saturated heterocycles. The molecule has 6 nitrogen and oxygen atoms in total. The molecule has 0 heterocycles. The van der Waals surface area contributed by atoms with Gasteiger partial charge in [-0.05, 0) is 37.5 Å². The van der Waals surface area contributed by atoms with E-state index in [1.807, 2.05) is 13.8 Å². The van der Waals surface area contributed by atoms with Gasteiger partial charge in [-0.1, -0.05) is 44.0 Å². The zero-order valence-electron chi connectivity index (χ0n) is 15.3. The van der Waals surface area contributed by atoms with Gasteiger partial charge < -0.3 is 15.4 Å². The van der Waals surface area contributed by atoms with Crippen LogP contribution in [0.1, 0.15) is 44.5 Å². The minimum Gasteiger partial charge on any atom is -0.454 e. The second-order valence-electron chi connectivity index (χ2n) is 6.30. The highest BCUT2D eigenvalue weighted by atomic mass is 35.5. The summed E-state index contributed by atoms with van der Waals surface area (Å²) >= 11 is 11.8. The number of nitrogens with one attached hydrogen (secondary N) is 2. The molecule has 0 unspecified atom stereocenters. The van der Waals surface area contributed by atoms with Crippen molar-refractivity contribution in [3.05, 3.63) is 33.8 Å². The van der Waals surface area contributed by atoms with Crippen molar-refractivity contribution < 1.29 is 19.1 Å². The molecule has 144 valence electrons. The quantitative estimate of drug-likeness (QED) is 0.653. The van der Waals surface area contributed by atoms with Gasteiger partial charge in [0.05, 0.1) is 10.6 Å². The summed E-state index contributed by atoms with van der Waals surface area (Å²) in [6.07, 6.45) is 0.770. The molecule has 2 atom stereocenters. The van der Waals surface area contributed by atoms with Crippen LogP contribution in [0.4, 0.5) is 0 Å². The molecule has 1 aromatic rings. The highest BCUT2D eigenvalue weighted by molar-refractivity contribution is 6.36. The minimum absolute atomic E-state index is 0.00570. The van der Waals surface area contributed by atoms with Gasteiger partial charge in [0.2, 0.25) is 0 Å². The molecule has 0 fully saturated rings. The molecule has 1 aromatic carbocycles. The molecule has 0 bridgehead atoms. The first kappa shape index (κ1) is 22.3. The van der Waals surface area contributed by atoms with Crippen LogP contribution < -0.4 is 10.6 Å². The van der Waals surface area contributed by atoms with Gasteiger partial charge in [0, 0.05) is 11.1 Å². The van der Waals surface area contributed by atoms with E-state index >= 15 is 0 Å². The van der Waals surface area contributed by atoms with Crippen LogP contribution in [-0.4, -0.2) is 36.5 Å². The smallest absolute Gasteiger partial charge is 0.329 e. The van der Waals surface area contributed by atoms with Crippen molar-refractivity contribution in [2.75, 3.05) is 6.61 Å². The summed E-state index contributed by atoms with van der Waals surface area (Å²) in [6.45, 7) is 6.91. The molecule has 0 radical (unpaired) electrons. The standard InChI is InChI=1S/C18H24Cl2N2O4/c1-5-11(4)21-15(23)9-26-18(25)16(10(2)3)22-17(24)13-7-6-12(19)8-14(13)20/h6-8,10-11,16H,5,9H2,1-4H3,(H,21,23)(H,22,24)/t11-,16+/m1/s1. The molecule has 0 aliphatic rings. The fraction of sp³-hybridized carbons (Fsp3) is 0.500. The SMILES string of the molecule is CC[C@@H](C)NC(=O)COC(=O)[C@@H](NC(=O)c1ccc(Cl)cc1Cl)C(C)C. The monoisotopic (exact) mass is 402 g/mol. The van der Waals surface area contributed by atoms with Crippen LogP contribution in [0.15, 0.2) is 18.2 Å². The normalized spacial score (nSPS) is 13.0. The number of rotatable bonds is 8. The molecule has 0 spiro atoms. The maximum atomic E-state index is 12.4. The largest absolute Gasteiger partial charge is 0.454 e. The highest BCUT2D eigenvalue weighted by Crippen LogP contribution is 2.21. The van der Waals surface area contributed by atoms with Crippen molar-refractivity contribution >= 4 is 41.0 Å². The Kier molecular flexibility index (Phi) is 8.88. The third kappa shape index (κ3) is 6.84. The summed E-state index contributed by atoms with van der Waals surface area (Å²) in [5.74, 6) is -1.83. The molecular formula is C18H24Cl2N2O4. The van der Waals surface area contributed by atoms with Crippen LogP contribution in [0, 0.1) is 5.92 Å². The van der Waals surface area contributed by atoms with E-state index < -0.39 is 24.5 Å². The van der Waals surface area contributed by atoms with E-state index in [1.165, 1.54) is 18.2 Å². The van der Waals surface area contributed by atoms with Gasteiger partial charge in [0.1, 0.15) is 6.04 Å². The second kappa shape index (κ2) is 10.4. The minimum atomic E-state index is -0.911. The Labute approximate surface area is 163 Å². The molecule has 0 saturated carbocycles. The molecule has 0 aromatic heterocycles. The van der Waals surface area contributed by atoms with Crippen molar-refractivity contribution in [3.63, 3.8) is 0 Å². The first-order valence-corrected chi connectivity index (χ1v) is 9.13. The Morgan fingerprint density at radius 2 is 1.77 bits per heavy atom. The number of amides is 2. The van der Waals surface area contributed by atoms with Crippen LogP contribution in [-0.2, 0) is 14.3 Å². The van der Waals surface area contributed by atoms with E-state index in [4.69, 9.17) is 27.9 Å². The maximum Gasteiger partial charge on any atom is 0.329 e. The number of halogens is 2. The van der Waals surface area contributed by atoms with Crippen LogP contribution in [0.3, 0.4) is 0 Å². The highest BCUT2D eigenvalue weighted by Gasteiger charge is 2.27. The van der Waals surface area contributed by atoms with Crippen molar-refractivity contribution in [2.45, 2.75) is 46.2 Å². The van der Waals surface area contributed by atoms with E-state index in [9.17, 15) is 14.4 Å². The van der Waals surface area contributed by atoms with Crippen molar-refractivity contribution in [3.8, 4) is 0 Å². The average Bonchev–Trinajstić information content (AvgIpc) is 2.56. The zero-order chi connectivity index (χ0) is 19.9. The fourth-order valence-corrected chi connectivity index (χ4v) is 2.53. The third-order valence-corrected chi connectivity index (χ3v) is 4.30. The lowest BCUT2D eigenvalue weighted by atomic mass is 10.0. The molecule has 0 aliphatic heterocycles. The summed E-state index contributed by atoms with van der Waals surface area (Å²) in [5.41, 5.74) is 0.198. The summed E-state index contributed by atoms with van der Waals surface area (Å²) in [6, 6.07) is 3.53. The third-order valence-electron chi connectivity index (χ3n) is 3.75. The van der Waals surface area contributed by atoms with Crippen LogP contribution in [0.2, 0.25) is 10.0 Å². The molecule has 2 amide bonds. The lowest BCUT2D eigenvalue weighted by Crippen LogP contribution is -2.46. The number of ether oxygens (including phenoxy) is 1. The molecule has 0 aliphatic carbocycles. The zero-order valence-corrected chi connectivity index (χ0v) is 16.8. The first-order valence-electron chi connectivity index (χ1n) is 8.37. The van der Waals surface area contributed by atoms with Gasteiger partial charge in [-0.25, -0.2) is 4.79 Å². The van der Waals surface area contributed by atoms with Gasteiger partial charge in [-0.2, -0.15) is 0 Å². The van der Waals surface area contributed by atoms with Crippen LogP contribution in [0.25, 0.3) is 0 Å². The van der Waals surface area contributed by atoms with Gasteiger partial charge in [0.15, 0.2) is 6.61 Å². The average molecular weight is 403 g/mol. The Hall–Kier alpha value is -1.79. The number of benzene rings is 1. The Morgan fingerprint density at radius 3 is 2.31 bits per heavy atom. The fourth-order valence-electron chi connectivity index (χ4n) is 2.04. The van der Waals surface area contributed by atoms with Crippen molar-refractivity contribution in [1.82, 2.24) is 10.6 Å². The predicted molar refractivity (Wildman–Crippen MR) is 101 cm³/mol. The number of carbonyl (C=O) groups excluding carboxylic acids is 3. The Morgan fingerprint density at radius 1 is 1.12 bits per heavy atom. The lowest BCUT2D eigenvalue weighted by molar-refractivity contribution is -0.151.